The molecule has 0 radical (unpaired) electrons. The van der Waals surface area contributed by atoms with Gasteiger partial charge in [0.15, 0.2) is 0 Å². The molecule has 0 aliphatic rings. The number of aryl methyl sites for hydroxylation is 1. The molecule has 0 aliphatic heterocycles. The normalized spacial score (nSPS) is 11.0. The molecule has 0 saturated carbocycles. The molecule has 1 aromatic heterocycles. The minimum atomic E-state index is -0.386. The van der Waals surface area contributed by atoms with Crippen LogP contribution in [0.25, 0.3) is 10.9 Å². The van der Waals surface area contributed by atoms with Crippen molar-refractivity contribution in [3.8, 4) is 0 Å². The van der Waals surface area contributed by atoms with Crippen molar-refractivity contribution >= 4 is 40.1 Å². The first-order valence-electron chi connectivity index (χ1n) is 6.45. The summed E-state index contributed by atoms with van der Waals surface area (Å²) in [5.41, 5.74) is 7.56. The van der Waals surface area contributed by atoms with Gasteiger partial charge in [0.2, 0.25) is 0 Å². The van der Waals surface area contributed by atoms with Gasteiger partial charge in [0, 0.05) is 15.9 Å². The van der Waals surface area contributed by atoms with E-state index in [1.165, 1.54) is 0 Å². The van der Waals surface area contributed by atoms with Gasteiger partial charge < -0.3 is 15.5 Å². The second kappa shape index (κ2) is 6.48. The Bertz CT molecular complexity index is 638. The van der Waals surface area contributed by atoms with Crippen LogP contribution in [0.4, 0.5) is 0 Å². The van der Waals surface area contributed by atoms with Crippen LogP contribution in [0.1, 0.15) is 29.4 Å². The maximum absolute atomic E-state index is 12.0. The van der Waals surface area contributed by atoms with E-state index in [0.717, 1.165) is 22.9 Å². The summed E-state index contributed by atoms with van der Waals surface area (Å²) in [6, 6.07) is 3.41. The number of hydrogen-bond acceptors (Lipinski definition) is 3. The highest BCUT2D eigenvalue weighted by Crippen LogP contribution is 2.33. The van der Waals surface area contributed by atoms with Gasteiger partial charge >= 0.3 is 5.97 Å². The van der Waals surface area contributed by atoms with E-state index in [4.69, 9.17) is 33.7 Å². The standard InChI is InChI=1S/C14H16Cl2N2O2/c1-2-20-14(19)13-9(4-3-5-17)12-10(16)6-8(15)7-11(12)18-13/h6-7,18H,2-5,17H2,1H3. The number of nitrogens with one attached hydrogen (secondary N) is 1. The van der Waals surface area contributed by atoms with E-state index in [1.807, 2.05) is 0 Å². The number of carbonyl (C=O) groups is 1. The number of benzene rings is 1. The Labute approximate surface area is 127 Å². The third kappa shape index (κ3) is 2.92. The first-order valence-corrected chi connectivity index (χ1v) is 7.20. The molecule has 0 fully saturated rings. The fourth-order valence-corrected chi connectivity index (χ4v) is 2.83. The van der Waals surface area contributed by atoms with Gasteiger partial charge in [-0.2, -0.15) is 0 Å². The maximum Gasteiger partial charge on any atom is 0.355 e. The van der Waals surface area contributed by atoms with Gasteiger partial charge in [-0.1, -0.05) is 23.2 Å². The molecule has 1 aromatic carbocycles. The van der Waals surface area contributed by atoms with Crippen molar-refractivity contribution in [2.24, 2.45) is 5.73 Å². The Morgan fingerprint density at radius 3 is 2.80 bits per heavy atom. The molecule has 20 heavy (non-hydrogen) atoms. The van der Waals surface area contributed by atoms with Gasteiger partial charge in [0.1, 0.15) is 5.69 Å². The van der Waals surface area contributed by atoms with Crippen LogP contribution < -0.4 is 5.73 Å². The highest BCUT2D eigenvalue weighted by molar-refractivity contribution is 6.39. The number of esters is 1. The number of ether oxygens (including phenoxy) is 1. The number of halogens is 2. The van der Waals surface area contributed by atoms with Crippen molar-refractivity contribution in [3.05, 3.63) is 33.4 Å². The largest absolute Gasteiger partial charge is 0.461 e. The van der Waals surface area contributed by atoms with E-state index in [1.54, 1.807) is 19.1 Å². The first kappa shape index (κ1) is 15.2. The molecule has 2 aromatic rings. The zero-order chi connectivity index (χ0) is 14.7. The number of aromatic amines is 1. The minimum absolute atomic E-state index is 0.318. The van der Waals surface area contributed by atoms with Crippen LogP contribution >= 0.6 is 23.2 Å². The number of carbonyl (C=O) groups excluding carboxylic acids is 1. The second-order valence-corrected chi connectivity index (χ2v) is 5.25. The predicted octanol–water partition coefficient (Wildman–Crippen LogP) is 3.54. The van der Waals surface area contributed by atoms with Gasteiger partial charge in [0.25, 0.3) is 0 Å². The summed E-state index contributed by atoms with van der Waals surface area (Å²) in [7, 11) is 0. The molecular formula is C14H16Cl2N2O2. The topological polar surface area (TPSA) is 68.1 Å². The highest BCUT2D eigenvalue weighted by Gasteiger charge is 2.20. The van der Waals surface area contributed by atoms with Crippen LogP contribution in [-0.4, -0.2) is 24.1 Å². The Morgan fingerprint density at radius 2 is 2.15 bits per heavy atom. The molecule has 0 atom stereocenters. The smallest absolute Gasteiger partial charge is 0.355 e. The van der Waals surface area contributed by atoms with Crippen LogP contribution in [0.3, 0.4) is 0 Å². The average Bonchev–Trinajstić information content (AvgIpc) is 2.75. The lowest BCUT2D eigenvalue weighted by Gasteiger charge is -2.04. The number of hydrogen-bond donors (Lipinski definition) is 2. The summed E-state index contributed by atoms with van der Waals surface area (Å²) in [6.45, 7) is 2.63. The third-order valence-electron chi connectivity index (χ3n) is 3.03. The van der Waals surface area contributed by atoms with Crippen molar-refractivity contribution in [1.82, 2.24) is 4.98 Å². The van der Waals surface area contributed by atoms with Crippen molar-refractivity contribution in [3.63, 3.8) is 0 Å². The highest BCUT2D eigenvalue weighted by atomic mass is 35.5. The average molecular weight is 315 g/mol. The number of H-pyrrole nitrogens is 1. The van der Waals surface area contributed by atoms with Crippen LogP contribution in [0.5, 0.6) is 0 Å². The fraction of sp³-hybridized carbons (Fsp3) is 0.357. The number of nitrogens with two attached hydrogens (primary N) is 1. The van der Waals surface area contributed by atoms with Gasteiger partial charge in [-0.05, 0) is 44.0 Å². The zero-order valence-corrected chi connectivity index (χ0v) is 12.6. The first-order chi connectivity index (χ1) is 9.58. The summed E-state index contributed by atoms with van der Waals surface area (Å²) in [4.78, 5) is 15.1. The monoisotopic (exact) mass is 314 g/mol. The summed E-state index contributed by atoms with van der Waals surface area (Å²) >= 11 is 12.2. The van der Waals surface area contributed by atoms with Crippen LogP contribution in [-0.2, 0) is 11.2 Å². The van der Waals surface area contributed by atoms with Gasteiger partial charge in [-0.15, -0.1) is 0 Å². The van der Waals surface area contributed by atoms with Crippen LogP contribution in [0.2, 0.25) is 10.0 Å². The minimum Gasteiger partial charge on any atom is -0.461 e. The Kier molecular flexibility index (Phi) is 4.91. The van der Waals surface area contributed by atoms with E-state index in [-0.39, 0.29) is 5.97 Å². The van der Waals surface area contributed by atoms with Gasteiger partial charge in [-0.25, -0.2) is 4.79 Å². The SMILES string of the molecule is CCOC(=O)c1[nH]c2cc(Cl)cc(Cl)c2c1CCCN. The lowest BCUT2D eigenvalue weighted by molar-refractivity contribution is 0.0519. The molecule has 108 valence electrons. The molecule has 6 heteroatoms. The molecule has 0 saturated heterocycles. The summed E-state index contributed by atoms with van der Waals surface area (Å²) in [6.07, 6.45) is 1.42. The van der Waals surface area contributed by atoms with Crippen LogP contribution in [0, 0.1) is 0 Å². The molecule has 3 N–H and O–H groups in total. The molecule has 0 amide bonds. The molecule has 4 nitrogen and oxygen atoms in total. The Morgan fingerprint density at radius 1 is 1.40 bits per heavy atom. The number of rotatable bonds is 5. The van der Waals surface area contributed by atoms with Crippen LogP contribution in [0.15, 0.2) is 12.1 Å². The molecule has 1 heterocycles. The van der Waals surface area contributed by atoms with Gasteiger partial charge in [0.05, 0.1) is 11.6 Å². The molecule has 2 rings (SSSR count). The molecule has 0 bridgehead atoms. The van der Waals surface area contributed by atoms with Crippen molar-refractivity contribution in [2.45, 2.75) is 19.8 Å². The zero-order valence-electron chi connectivity index (χ0n) is 11.1. The fourth-order valence-electron chi connectivity index (χ4n) is 2.22. The van der Waals surface area contributed by atoms with Crippen molar-refractivity contribution in [1.29, 1.82) is 0 Å². The summed E-state index contributed by atoms with van der Waals surface area (Å²) in [5.74, 6) is -0.386. The maximum atomic E-state index is 12.0. The lowest BCUT2D eigenvalue weighted by atomic mass is 10.1. The van der Waals surface area contributed by atoms with E-state index in [2.05, 4.69) is 4.98 Å². The second-order valence-electron chi connectivity index (χ2n) is 4.40. The van der Waals surface area contributed by atoms with E-state index in [0.29, 0.717) is 35.3 Å². The van der Waals surface area contributed by atoms with E-state index in [9.17, 15) is 4.79 Å². The van der Waals surface area contributed by atoms with E-state index >= 15 is 0 Å². The summed E-state index contributed by atoms with van der Waals surface area (Å²) in [5, 5.41) is 1.85. The molecule has 0 spiro atoms. The van der Waals surface area contributed by atoms with E-state index < -0.39 is 0 Å². The number of aromatic nitrogens is 1. The van der Waals surface area contributed by atoms with Crippen molar-refractivity contribution < 1.29 is 9.53 Å². The third-order valence-corrected chi connectivity index (χ3v) is 3.54. The molecule has 0 aliphatic carbocycles. The molecular weight excluding hydrogens is 299 g/mol. The summed E-state index contributed by atoms with van der Waals surface area (Å²) < 4.78 is 5.07. The number of fused-ring (bicyclic) bond motifs is 1. The lowest BCUT2D eigenvalue weighted by Crippen LogP contribution is -2.09. The Balaban J connectivity index is 2.60. The predicted molar refractivity (Wildman–Crippen MR) is 81.7 cm³/mol. The van der Waals surface area contributed by atoms with Crippen molar-refractivity contribution in [2.75, 3.05) is 13.2 Å². The quantitative estimate of drug-likeness (QED) is 0.829. The Hall–Kier alpha value is -1.23. The van der Waals surface area contributed by atoms with Gasteiger partial charge in [-0.3, -0.25) is 0 Å². The molecule has 0 unspecified atom stereocenters.